The molecule has 0 aliphatic carbocycles. The summed E-state index contributed by atoms with van der Waals surface area (Å²) in [7, 11) is 0. The molecule has 0 N–H and O–H groups in total. The topological polar surface area (TPSA) is 82.8 Å². The zero-order valence-corrected chi connectivity index (χ0v) is 18.7. The second-order valence-electron chi connectivity index (χ2n) is 6.19. The van der Waals surface area contributed by atoms with Gasteiger partial charge in [0, 0.05) is 10.9 Å². The van der Waals surface area contributed by atoms with Gasteiger partial charge in [0.15, 0.2) is 6.61 Å². The maximum absolute atomic E-state index is 12.9. The summed E-state index contributed by atoms with van der Waals surface area (Å²) >= 11 is 9.61. The number of hydrogen-bond donors (Lipinski definition) is 0. The van der Waals surface area contributed by atoms with Crippen LogP contribution in [0.4, 0.5) is 0 Å². The Labute approximate surface area is 186 Å². The van der Waals surface area contributed by atoms with Crippen LogP contribution in [0.5, 0.6) is 5.75 Å². The Morgan fingerprint density at radius 1 is 1.27 bits per heavy atom. The molecule has 0 saturated heterocycles. The van der Waals surface area contributed by atoms with Gasteiger partial charge in [-0.15, -0.1) is 0 Å². The number of esters is 1. The van der Waals surface area contributed by atoms with E-state index in [2.05, 4.69) is 26.0 Å². The van der Waals surface area contributed by atoms with Gasteiger partial charge >= 0.3 is 5.97 Å². The number of ether oxygens (including phenoxy) is 2. The largest absolute Gasteiger partial charge is 0.480 e. The van der Waals surface area contributed by atoms with Crippen molar-refractivity contribution in [3.05, 3.63) is 67.6 Å². The zero-order chi connectivity index (χ0) is 21.7. The number of fused-ring (bicyclic) bond motifs is 1. The molecular formula is C21H19BrClN3O4. The first-order valence-electron chi connectivity index (χ1n) is 9.26. The molecular weight excluding hydrogens is 474 g/mol. The molecule has 1 aromatic heterocycles. The molecule has 2 aromatic carbocycles. The zero-order valence-electron chi connectivity index (χ0n) is 16.4. The summed E-state index contributed by atoms with van der Waals surface area (Å²) in [6.07, 6.45) is 2.06. The summed E-state index contributed by atoms with van der Waals surface area (Å²) in [4.78, 5) is 28.8. The smallest absolute Gasteiger partial charge is 0.344 e. The molecule has 1 heterocycles. The molecule has 0 amide bonds. The molecule has 0 unspecified atom stereocenters. The fourth-order valence-corrected chi connectivity index (χ4v) is 3.33. The van der Waals surface area contributed by atoms with E-state index in [4.69, 9.17) is 21.1 Å². The summed E-state index contributed by atoms with van der Waals surface area (Å²) in [5, 5.41) is 5.11. The quantitative estimate of drug-likeness (QED) is 0.365. The Kier molecular flexibility index (Phi) is 7.23. The van der Waals surface area contributed by atoms with Crippen molar-refractivity contribution < 1.29 is 14.3 Å². The van der Waals surface area contributed by atoms with E-state index in [1.165, 1.54) is 10.9 Å². The Morgan fingerprint density at radius 2 is 2.07 bits per heavy atom. The fraction of sp³-hybridized carbons (Fsp3) is 0.238. The number of aryl methyl sites for hydroxylation is 1. The Hall–Kier alpha value is -2.71. The average Bonchev–Trinajstić information content (AvgIpc) is 2.73. The number of rotatable bonds is 7. The van der Waals surface area contributed by atoms with Gasteiger partial charge in [-0.25, -0.2) is 9.78 Å². The molecule has 7 nitrogen and oxygen atoms in total. The normalized spacial score (nSPS) is 11.2. The highest BCUT2D eigenvalue weighted by atomic mass is 79.9. The SMILES string of the molecule is CCOC(=O)COc1ccc(C=Nn2c(CC)nc3ccc(Br)cc3c2=O)cc1Cl. The molecule has 0 saturated carbocycles. The lowest BCUT2D eigenvalue weighted by molar-refractivity contribution is -0.145. The van der Waals surface area contributed by atoms with Gasteiger partial charge in [0.1, 0.15) is 11.6 Å². The molecule has 0 radical (unpaired) electrons. The van der Waals surface area contributed by atoms with Crippen LogP contribution in [0.25, 0.3) is 10.9 Å². The van der Waals surface area contributed by atoms with Gasteiger partial charge in [-0.1, -0.05) is 34.5 Å². The third-order valence-electron chi connectivity index (χ3n) is 4.12. The standard InChI is InChI=1S/C21H19BrClN3O4/c1-3-19-25-17-7-6-14(22)10-15(17)21(28)26(19)24-11-13-5-8-18(16(23)9-13)30-12-20(27)29-4-2/h5-11H,3-4,12H2,1-2H3. The number of aromatic nitrogens is 2. The second-order valence-corrected chi connectivity index (χ2v) is 7.51. The highest BCUT2D eigenvalue weighted by molar-refractivity contribution is 9.10. The van der Waals surface area contributed by atoms with E-state index in [1.54, 1.807) is 37.3 Å². The summed E-state index contributed by atoms with van der Waals surface area (Å²) in [6, 6.07) is 10.3. The van der Waals surface area contributed by atoms with Crippen LogP contribution < -0.4 is 10.3 Å². The van der Waals surface area contributed by atoms with E-state index in [0.29, 0.717) is 39.5 Å². The van der Waals surface area contributed by atoms with Crippen molar-refractivity contribution in [1.29, 1.82) is 0 Å². The minimum atomic E-state index is -0.471. The van der Waals surface area contributed by atoms with Crippen LogP contribution in [0.3, 0.4) is 0 Å². The summed E-state index contributed by atoms with van der Waals surface area (Å²) in [5.41, 5.74) is 1.03. The lowest BCUT2D eigenvalue weighted by Crippen LogP contribution is -2.22. The van der Waals surface area contributed by atoms with Gasteiger partial charge in [-0.05, 0) is 48.9 Å². The van der Waals surface area contributed by atoms with E-state index < -0.39 is 5.97 Å². The predicted molar refractivity (Wildman–Crippen MR) is 120 cm³/mol. The molecule has 9 heteroatoms. The fourth-order valence-electron chi connectivity index (χ4n) is 2.72. The van der Waals surface area contributed by atoms with Gasteiger partial charge in [0.2, 0.25) is 0 Å². The lowest BCUT2D eigenvalue weighted by atomic mass is 10.2. The number of benzene rings is 2. The molecule has 0 aliphatic heterocycles. The van der Waals surface area contributed by atoms with Gasteiger partial charge in [0.05, 0.1) is 28.7 Å². The average molecular weight is 493 g/mol. The molecule has 3 aromatic rings. The van der Waals surface area contributed by atoms with Crippen molar-refractivity contribution in [1.82, 2.24) is 9.66 Å². The highest BCUT2D eigenvalue weighted by Gasteiger charge is 2.10. The summed E-state index contributed by atoms with van der Waals surface area (Å²) in [5.74, 6) is 0.429. The lowest BCUT2D eigenvalue weighted by Gasteiger charge is -2.09. The molecule has 0 aliphatic rings. The van der Waals surface area contributed by atoms with E-state index in [1.807, 2.05) is 13.0 Å². The van der Waals surface area contributed by atoms with Crippen molar-refractivity contribution in [2.24, 2.45) is 5.10 Å². The van der Waals surface area contributed by atoms with Gasteiger partial charge in [0.25, 0.3) is 5.56 Å². The predicted octanol–water partition coefficient (Wildman–Crippen LogP) is 4.20. The van der Waals surface area contributed by atoms with Crippen LogP contribution in [-0.4, -0.2) is 35.1 Å². The van der Waals surface area contributed by atoms with Gasteiger partial charge < -0.3 is 9.47 Å². The van der Waals surface area contributed by atoms with Gasteiger partial charge in [-0.3, -0.25) is 4.79 Å². The first kappa shape index (κ1) is 22.0. The van der Waals surface area contributed by atoms with E-state index >= 15 is 0 Å². The first-order valence-corrected chi connectivity index (χ1v) is 10.4. The van der Waals surface area contributed by atoms with Gasteiger partial charge in [-0.2, -0.15) is 9.78 Å². The number of halogens is 2. The third kappa shape index (κ3) is 5.06. The van der Waals surface area contributed by atoms with E-state index in [0.717, 1.165) is 4.47 Å². The van der Waals surface area contributed by atoms with Crippen LogP contribution >= 0.6 is 27.5 Å². The molecule has 0 atom stereocenters. The van der Waals surface area contributed by atoms with Crippen LogP contribution in [0.15, 0.2) is 50.8 Å². The molecule has 0 bridgehead atoms. The van der Waals surface area contributed by atoms with Crippen molar-refractivity contribution >= 4 is 50.6 Å². The van der Waals surface area contributed by atoms with E-state index in [9.17, 15) is 9.59 Å². The first-order chi connectivity index (χ1) is 14.4. The molecule has 3 rings (SSSR count). The summed E-state index contributed by atoms with van der Waals surface area (Å²) in [6.45, 7) is 3.68. The number of carbonyl (C=O) groups excluding carboxylic acids is 1. The second kappa shape index (κ2) is 9.86. The Balaban J connectivity index is 1.87. The molecule has 0 spiro atoms. The molecule has 0 fully saturated rings. The third-order valence-corrected chi connectivity index (χ3v) is 4.91. The van der Waals surface area contributed by atoms with E-state index in [-0.39, 0.29) is 18.8 Å². The Morgan fingerprint density at radius 3 is 2.77 bits per heavy atom. The van der Waals surface area contributed by atoms with Crippen molar-refractivity contribution in [2.45, 2.75) is 20.3 Å². The maximum Gasteiger partial charge on any atom is 0.344 e. The number of carbonyl (C=O) groups is 1. The van der Waals surface area contributed by atoms with Crippen LogP contribution in [0.1, 0.15) is 25.2 Å². The molecule has 30 heavy (non-hydrogen) atoms. The van der Waals surface area contributed by atoms with Crippen LogP contribution in [0.2, 0.25) is 5.02 Å². The maximum atomic E-state index is 12.9. The minimum Gasteiger partial charge on any atom is -0.480 e. The number of hydrogen-bond acceptors (Lipinski definition) is 6. The van der Waals surface area contributed by atoms with Crippen LogP contribution in [-0.2, 0) is 16.0 Å². The number of nitrogens with zero attached hydrogens (tertiary/aromatic N) is 3. The molecule has 156 valence electrons. The van der Waals surface area contributed by atoms with Crippen molar-refractivity contribution in [3.8, 4) is 5.75 Å². The monoisotopic (exact) mass is 491 g/mol. The van der Waals surface area contributed by atoms with Crippen molar-refractivity contribution in [3.63, 3.8) is 0 Å². The highest BCUT2D eigenvalue weighted by Crippen LogP contribution is 2.25. The minimum absolute atomic E-state index is 0.228. The Bertz CT molecular complexity index is 1180. The summed E-state index contributed by atoms with van der Waals surface area (Å²) < 4.78 is 12.3. The van der Waals surface area contributed by atoms with Crippen LogP contribution in [0, 0.1) is 0 Å². The van der Waals surface area contributed by atoms with Crippen molar-refractivity contribution in [2.75, 3.05) is 13.2 Å².